The first-order valence-corrected chi connectivity index (χ1v) is 5.40. The Hall–Kier alpha value is -0.630. The lowest BCUT2D eigenvalue weighted by atomic mass is 10.1. The number of hydrogen-bond acceptors (Lipinski definition) is 3. The van der Waals surface area contributed by atoms with Crippen LogP contribution in [-0.4, -0.2) is 39.7 Å². The number of hydrogen-bond donors (Lipinski definition) is 1. The van der Waals surface area contributed by atoms with Crippen LogP contribution in [0.25, 0.3) is 0 Å². The van der Waals surface area contributed by atoms with E-state index in [0.29, 0.717) is 18.7 Å². The van der Waals surface area contributed by atoms with E-state index < -0.39 is 0 Å². The van der Waals surface area contributed by atoms with Crippen LogP contribution in [0.4, 0.5) is 0 Å². The number of amides is 1. The van der Waals surface area contributed by atoms with Crippen molar-refractivity contribution >= 4 is 28.5 Å². The van der Waals surface area contributed by atoms with Crippen LogP contribution in [-0.2, 0) is 7.05 Å². The van der Waals surface area contributed by atoms with Gasteiger partial charge in [0.05, 0.1) is 11.8 Å². The third-order valence-electron chi connectivity index (χ3n) is 2.29. The van der Waals surface area contributed by atoms with Crippen LogP contribution in [0.2, 0.25) is 0 Å². The highest BCUT2D eigenvalue weighted by Gasteiger charge is 2.30. The largest absolute Gasteiger partial charge is 0.335 e. The molecule has 2 N–H and O–H groups in total. The molecule has 0 atom stereocenters. The van der Waals surface area contributed by atoms with E-state index in [9.17, 15) is 4.79 Å². The minimum Gasteiger partial charge on any atom is -0.335 e. The van der Waals surface area contributed by atoms with Gasteiger partial charge in [-0.05, 0) is 22.6 Å². The zero-order valence-corrected chi connectivity index (χ0v) is 9.93. The summed E-state index contributed by atoms with van der Waals surface area (Å²) in [7, 11) is 1.82. The van der Waals surface area contributed by atoms with Crippen molar-refractivity contribution in [3.05, 3.63) is 15.5 Å². The number of carbonyl (C=O) groups is 1. The zero-order valence-electron chi connectivity index (χ0n) is 7.77. The molecule has 6 heteroatoms. The SMILES string of the molecule is Cn1ncc(C(=O)N2CC(N)C2)c1I. The van der Waals surface area contributed by atoms with E-state index in [1.54, 1.807) is 15.8 Å². The van der Waals surface area contributed by atoms with Gasteiger partial charge in [-0.1, -0.05) is 0 Å². The zero-order chi connectivity index (χ0) is 10.3. The first-order valence-electron chi connectivity index (χ1n) is 4.32. The predicted molar refractivity (Wildman–Crippen MR) is 59.8 cm³/mol. The lowest BCUT2D eigenvalue weighted by Gasteiger charge is -2.36. The Morgan fingerprint density at radius 2 is 2.36 bits per heavy atom. The second kappa shape index (κ2) is 3.50. The Morgan fingerprint density at radius 1 is 1.71 bits per heavy atom. The van der Waals surface area contributed by atoms with Crippen molar-refractivity contribution in [1.29, 1.82) is 0 Å². The molecule has 0 aromatic carbocycles. The highest BCUT2D eigenvalue weighted by Crippen LogP contribution is 2.16. The molecule has 2 heterocycles. The van der Waals surface area contributed by atoms with Gasteiger partial charge in [0.25, 0.3) is 5.91 Å². The lowest BCUT2D eigenvalue weighted by molar-refractivity contribution is 0.0607. The maximum Gasteiger partial charge on any atom is 0.258 e. The maximum absolute atomic E-state index is 11.8. The number of rotatable bonds is 1. The third-order valence-corrected chi connectivity index (χ3v) is 3.57. The summed E-state index contributed by atoms with van der Waals surface area (Å²) < 4.78 is 2.56. The summed E-state index contributed by atoms with van der Waals surface area (Å²) >= 11 is 2.12. The summed E-state index contributed by atoms with van der Waals surface area (Å²) in [5.41, 5.74) is 6.28. The summed E-state index contributed by atoms with van der Waals surface area (Å²) in [6.45, 7) is 1.31. The van der Waals surface area contributed by atoms with E-state index in [2.05, 4.69) is 27.7 Å². The molecule has 2 rings (SSSR count). The maximum atomic E-state index is 11.8. The first-order chi connectivity index (χ1) is 6.59. The molecule has 0 spiro atoms. The van der Waals surface area contributed by atoms with Gasteiger partial charge in [-0.2, -0.15) is 5.10 Å². The molecule has 1 saturated heterocycles. The Morgan fingerprint density at radius 3 is 2.79 bits per heavy atom. The van der Waals surface area contributed by atoms with Crippen molar-refractivity contribution in [2.75, 3.05) is 13.1 Å². The monoisotopic (exact) mass is 306 g/mol. The molecule has 0 aliphatic carbocycles. The van der Waals surface area contributed by atoms with Gasteiger partial charge in [0, 0.05) is 26.2 Å². The second-order valence-electron chi connectivity index (χ2n) is 3.44. The summed E-state index contributed by atoms with van der Waals surface area (Å²) in [4.78, 5) is 13.6. The molecule has 14 heavy (non-hydrogen) atoms. The number of carbonyl (C=O) groups excluding carboxylic acids is 1. The molecule has 1 aromatic heterocycles. The average molecular weight is 306 g/mol. The summed E-state index contributed by atoms with van der Waals surface area (Å²) in [6.07, 6.45) is 1.61. The Balaban J connectivity index is 2.16. The van der Waals surface area contributed by atoms with Gasteiger partial charge in [-0.25, -0.2) is 0 Å². The molecule has 0 unspecified atom stereocenters. The van der Waals surface area contributed by atoms with Gasteiger partial charge in [-0.3, -0.25) is 9.48 Å². The molecule has 0 radical (unpaired) electrons. The molecular formula is C8H11IN4O. The van der Waals surface area contributed by atoms with Gasteiger partial charge in [0.2, 0.25) is 0 Å². The highest BCUT2D eigenvalue weighted by molar-refractivity contribution is 14.1. The Labute approximate surface area is 95.4 Å². The van der Waals surface area contributed by atoms with Crippen LogP contribution in [0.1, 0.15) is 10.4 Å². The standard InChI is InChI=1S/C8H11IN4O/c1-12-7(9)6(2-11-12)8(14)13-3-5(10)4-13/h2,5H,3-4,10H2,1H3. The molecule has 1 aromatic rings. The van der Waals surface area contributed by atoms with Crippen molar-refractivity contribution in [3.63, 3.8) is 0 Å². The molecule has 0 saturated carbocycles. The van der Waals surface area contributed by atoms with Crippen molar-refractivity contribution in [1.82, 2.24) is 14.7 Å². The second-order valence-corrected chi connectivity index (χ2v) is 4.46. The van der Waals surface area contributed by atoms with Crippen LogP contribution >= 0.6 is 22.6 Å². The molecule has 1 aliphatic rings. The number of aryl methyl sites for hydroxylation is 1. The van der Waals surface area contributed by atoms with Crippen molar-refractivity contribution in [2.45, 2.75) is 6.04 Å². The third kappa shape index (κ3) is 1.52. The minimum atomic E-state index is 0.0317. The molecule has 1 amide bonds. The van der Waals surface area contributed by atoms with Crippen LogP contribution in [0.3, 0.4) is 0 Å². The molecule has 1 fully saturated rings. The van der Waals surface area contributed by atoms with Crippen LogP contribution in [0.5, 0.6) is 0 Å². The van der Waals surface area contributed by atoms with Crippen LogP contribution in [0.15, 0.2) is 6.20 Å². The Kier molecular flexibility index (Phi) is 2.48. The minimum absolute atomic E-state index is 0.0317. The molecule has 0 bridgehead atoms. The fourth-order valence-electron chi connectivity index (χ4n) is 1.41. The number of likely N-dealkylation sites (tertiary alicyclic amines) is 1. The number of halogens is 1. The van der Waals surface area contributed by atoms with Gasteiger partial charge >= 0.3 is 0 Å². The Bertz CT molecular complexity index is 369. The van der Waals surface area contributed by atoms with E-state index in [4.69, 9.17) is 5.73 Å². The smallest absolute Gasteiger partial charge is 0.258 e. The predicted octanol–water partition coefficient (Wildman–Crippen LogP) is -0.192. The quantitative estimate of drug-likeness (QED) is 0.731. The van der Waals surface area contributed by atoms with Crippen molar-refractivity contribution < 1.29 is 4.79 Å². The topological polar surface area (TPSA) is 64.2 Å². The molecule has 76 valence electrons. The van der Waals surface area contributed by atoms with E-state index in [0.717, 1.165) is 3.70 Å². The normalized spacial score (nSPS) is 16.9. The van der Waals surface area contributed by atoms with Gasteiger partial charge in [-0.15, -0.1) is 0 Å². The van der Waals surface area contributed by atoms with Crippen molar-refractivity contribution in [2.24, 2.45) is 12.8 Å². The average Bonchev–Trinajstić information content (AvgIpc) is 2.42. The fourth-order valence-corrected chi connectivity index (χ4v) is 1.91. The van der Waals surface area contributed by atoms with Crippen LogP contribution in [0, 0.1) is 3.70 Å². The number of nitrogens with two attached hydrogens (primary N) is 1. The molecule has 5 nitrogen and oxygen atoms in total. The number of nitrogens with zero attached hydrogens (tertiary/aromatic N) is 3. The fraction of sp³-hybridized carbons (Fsp3) is 0.500. The van der Waals surface area contributed by atoms with E-state index in [1.807, 2.05) is 7.05 Å². The van der Waals surface area contributed by atoms with E-state index in [1.165, 1.54) is 0 Å². The van der Waals surface area contributed by atoms with Gasteiger partial charge in [0.15, 0.2) is 0 Å². The molecule has 1 aliphatic heterocycles. The summed E-state index contributed by atoms with van der Waals surface area (Å²) in [6, 6.07) is 0.147. The highest BCUT2D eigenvalue weighted by atomic mass is 127. The lowest BCUT2D eigenvalue weighted by Crippen LogP contribution is -2.57. The van der Waals surface area contributed by atoms with Crippen molar-refractivity contribution in [3.8, 4) is 0 Å². The number of aromatic nitrogens is 2. The summed E-state index contributed by atoms with van der Waals surface area (Å²) in [5, 5.41) is 4.03. The van der Waals surface area contributed by atoms with E-state index >= 15 is 0 Å². The van der Waals surface area contributed by atoms with Crippen LogP contribution < -0.4 is 5.73 Å². The molecular weight excluding hydrogens is 295 g/mol. The van der Waals surface area contributed by atoms with E-state index in [-0.39, 0.29) is 11.9 Å². The first kappa shape index (κ1) is 9.91. The van der Waals surface area contributed by atoms with Gasteiger partial charge in [0.1, 0.15) is 3.70 Å². The summed E-state index contributed by atoms with van der Waals surface area (Å²) in [5.74, 6) is 0.0317. The van der Waals surface area contributed by atoms with Gasteiger partial charge < -0.3 is 10.6 Å².